The average molecular weight is 298 g/mol. The van der Waals surface area contributed by atoms with Gasteiger partial charge in [-0.15, -0.1) is 0 Å². The number of nitrogens with one attached hydrogen (secondary N) is 1. The number of benzene rings is 1. The molecular formula is C18H22N2S. The van der Waals surface area contributed by atoms with E-state index in [9.17, 15) is 0 Å². The number of hydrogen-bond acceptors (Lipinski definition) is 2. The van der Waals surface area contributed by atoms with Crippen LogP contribution in [-0.4, -0.2) is 11.1 Å². The summed E-state index contributed by atoms with van der Waals surface area (Å²) >= 11 is 1.78. The minimum Gasteiger partial charge on any atom is -0.347 e. The highest BCUT2D eigenvalue weighted by Gasteiger charge is 2.03. The molecule has 1 aromatic carbocycles. The SMILES string of the molecule is CCCNCc1ccc2c(ccn2CCc2ccsc2)c1. The van der Waals surface area contributed by atoms with E-state index in [-0.39, 0.29) is 0 Å². The summed E-state index contributed by atoms with van der Waals surface area (Å²) in [4.78, 5) is 0. The maximum absolute atomic E-state index is 3.46. The summed E-state index contributed by atoms with van der Waals surface area (Å²) < 4.78 is 2.36. The van der Waals surface area contributed by atoms with Gasteiger partial charge >= 0.3 is 0 Å². The summed E-state index contributed by atoms with van der Waals surface area (Å²) in [5, 5.41) is 9.20. The van der Waals surface area contributed by atoms with Crippen LogP contribution in [-0.2, 0) is 19.5 Å². The van der Waals surface area contributed by atoms with Gasteiger partial charge in [-0.25, -0.2) is 0 Å². The molecule has 0 saturated heterocycles. The predicted octanol–water partition coefficient (Wildman–Crippen LogP) is 4.45. The molecule has 0 radical (unpaired) electrons. The second kappa shape index (κ2) is 6.92. The fourth-order valence-electron chi connectivity index (χ4n) is 2.65. The molecule has 3 rings (SSSR count). The highest BCUT2D eigenvalue weighted by Crippen LogP contribution is 2.19. The molecule has 0 aliphatic heterocycles. The molecule has 0 bridgehead atoms. The Morgan fingerprint density at radius 3 is 2.90 bits per heavy atom. The Labute approximate surface area is 130 Å². The third-order valence-electron chi connectivity index (χ3n) is 3.81. The molecule has 0 amide bonds. The van der Waals surface area contributed by atoms with Gasteiger partial charge in [-0.05, 0) is 70.9 Å². The molecule has 2 heterocycles. The van der Waals surface area contributed by atoms with E-state index in [1.165, 1.54) is 28.5 Å². The lowest BCUT2D eigenvalue weighted by molar-refractivity contribution is 0.676. The topological polar surface area (TPSA) is 17.0 Å². The second-order valence-electron chi connectivity index (χ2n) is 5.46. The van der Waals surface area contributed by atoms with Crippen LogP contribution in [0, 0.1) is 0 Å². The molecule has 0 fully saturated rings. The molecule has 3 aromatic rings. The number of aromatic nitrogens is 1. The molecule has 2 nitrogen and oxygen atoms in total. The number of nitrogens with zero attached hydrogens (tertiary/aromatic N) is 1. The molecule has 0 aliphatic rings. The van der Waals surface area contributed by atoms with Crippen LogP contribution in [0.2, 0.25) is 0 Å². The summed E-state index contributed by atoms with van der Waals surface area (Å²) in [7, 11) is 0. The van der Waals surface area contributed by atoms with Gasteiger partial charge in [0, 0.05) is 24.8 Å². The molecule has 1 N–H and O–H groups in total. The summed E-state index contributed by atoms with van der Waals surface area (Å²) in [6.45, 7) is 5.29. The fourth-order valence-corrected chi connectivity index (χ4v) is 3.35. The Morgan fingerprint density at radius 2 is 2.10 bits per heavy atom. The highest BCUT2D eigenvalue weighted by molar-refractivity contribution is 7.07. The molecular weight excluding hydrogens is 276 g/mol. The molecule has 0 saturated carbocycles. The van der Waals surface area contributed by atoms with Crippen molar-refractivity contribution >= 4 is 22.2 Å². The van der Waals surface area contributed by atoms with E-state index in [4.69, 9.17) is 0 Å². The minimum absolute atomic E-state index is 0.962. The Balaban J connectivity index is 1.70. The van der Waals surface area contributed by atoms with E-state index in [2.05, 4.69) is 64.1 Å². The van der Waals surface area contributed by atoms with Crippen molar-refractivity contribution in [3.8, 4) is 0 Å². The first-order chi connectivity index (χ1) is 10.4. The molecule has 0 atom stereocenters. The first kappa shape index (κ1) is 14.4. The van der Waals surface area contributed by atoms with Gasteiger partial charge in [-0.2, -0.15) is 11.3 Å². The monoisotopic (exact) mass is 298 g/mol. The fraction of sp³-hybridized carbons (Fsp3) is 0.333. The van der Waals surface area contributed by atoms with Gasteiger partial charge < -0.3 is 9.88 Å². The van der Waals surface area contributed by atoms with Gasteiger partial charge in [0.1, 0.15) is 0 Å². The Kier molecular flexibility index (Phi) is 4.73. The quantitative estimate of drug-likeness (QED) is 0.638. The number of fused-ring (bicyclic) bond motifs is 1. The first-order valence-electron chi connectivity index (χ1n) is 7.66. The number of aryl methyl sites for hydroxylation is 2. The zero-order valence-electron chi connectivity index (χ0n) is 12.5. The van der Waals surface area contributed by atoms with E-state index >= 15 is 0 Å². The van der Waals surface area contributed by atoms with Crippen molar-refractivity contribution < 1.29 is 0 Å². The van der Waals surface area contributed by atoms with Gasteiger partial charge in [0.25, 0.3) is 0 Å². The maximum atomic E-state index is 3.46. The lowest BCUT2D eigenvalue weighted by atomic mass is 10.1. The van der Waals surface area contributed by atoms with Gasteiger partial charge in [0.05, 0.1) is 0 Å². The van der Waals surface area contributed by atoms with Crippen LogP contribution in [0.25, 0.3) is 10.9 Å². The lowest BCUT2D eigenvalue weighted by Crippen LogP contribution is -2.13. The number of hydrogen-bond donors (Lipinski definition) is 1. The van der Waals surface area contributed by atoms with E-state index in [0.29, 0.717) is 0 Å². The van der Waals surface area contributed by atoms with Gasteiger partial charge in [0.15, 0.2) is 0 Å². The molecule has 0 unspecified atom stereocenters. The van der Waals surface area contributed by atoms with E-state index < -0.39 is 0 Å². The zero-order chi connectivity index (χ0) is 14.5. The van der Waals surface area contributed by atoms with Crippen LogP contribution in [0.4, 0.5) is 0 Å². The summed E-state index contributed by atoms with van der Waals surface area (Å²) in [5.41, 5.74) is 4.14. The third kappa shape index (κ3) is 3.55. The minimum atomic E-state index is 0.962. The zero-order valence-corrected chi connectivity index (χ0v) is 13.3. The number of thiophene rings is 1. The van der Waals surface area contributed by atoms with Crippen LogP contribution in [0.1, 0.15) is 24.5 Å². The van der Waals surface area contributed by atoms with Crippen molar-refractivity contribution in [2.75, 3.05) is 6.54 Å². The Morgan fingerprint density at radius 1 is 1.14 bits per heavy atom. The van der Waals surface area contributed by atoms with Gasteiger partial charge in [-0.3, -0.25) is 0 Å². The van der Waals surface area contributed by atoms with Crippen molar-refractivity contribution in [2.24, 2.45) is 0 Å². The summed E-state index contributed by atoms with van der Waals surface area (Å²) in [5.74, 6) is 0. The lowest BCUT2D eigenvalue weighted by Gasteiger charge is -2.07. The maximum Gasteiger partial charge on any atom is 0.0480 e. The van der Waals surface area contributed by atoms with Crippen LogP contribution in [0.15, 0.2) is 47.3 Å². The van der Waals surface area contributed by atoms with E-state index in [0.717, 1.165) is 26.1 Å². The van der Waals surface area contributed by atoms with Crippen LogP contribution < -0.4 is 5.32 Å². The van der Waals surface area contributed by atoms with Crippen LogP contribution in [0.5, 0.6) is 0 Å². The highest BCUT2D eigenvalue weighted by atomic mass is 32.1. The van der Waals surface area contributed by atoms with E-state index in [1.807, 2.05) is 0 Å². The molecule has 0 spiro atoms. The standard InChI is InChI=1S/C18H22N2S/c1-2-8-19-13-16-3-4-18-17(12-16)6-10-20(18)9-5-15-7-11-21-14-15/h3-4,6-7,10-12,14,19H,2,5,8-9,13H2,1H3. The summed E-state index contributed by atoms with van der Waals surface area (Å²) in [6.07, 6.45) is 4.49. The Hall–Kier alpha value is -1.58. The van der Waals surface area contributed by atoms with Gasteiger partial charge in [0.2, 0.25) is 0 Å². The molecule has 3 heteroatoms. The van der Waals surface area contributed by atoms with Crippen molar-refractivity contribution in [1.82, 2.24) is 9.88 Å². The summed E-state index contributed by atoms with van der Waals surface area (Å²) in [6, 6.07) is 11.2. The van der Waals surface area contributed by atoms with Crippen molar-refractivity contribution in [3.63, 3.8) is 0 Å². The number of rotatable bonds is 7. The second-order valence-corrected chi connectivity index (χ2v) is 6.24. The molecule has 0 aliphatic carbocycles. The van der Waals surface area contributed by atoms with E-state index in [1.54, 1.807) is 11.3 Å². The molecule has 2 aromatic heterocycles. The smallest absolute Gasteiger partial charge is 0.0480 e. The normalized spacial score (nSPS) is 11.3. The average Bonchev–Trinajstić information content (AvgIpc) is 3.14. The predicted molar refractivity (Wildman–Crippen MR) is 92.0 cm³/mol. The largest absolute Gasteiger partial charge is 0.347 e. The first-order valence-corrected chi connectivity index (χ1v) is 8.60. The molecule has 21 heavy (non-hydrogen) atoms. The third-order valence-corrected chi connectivity index (χ3v) is 4.54. The van der Waals surface area contributed by atoms with Crippen molar-refractivity contribution in [3.05, 3.63) is 58.4 Å². The van der Waals surface area contributed by atoms with Crippen molar-refractivity contribution in [1.29, 1.82) is 0 Å². The van der Waals surface area contributed by atoms with Crippen molar-refractivity contribution in [2.45, 2.75) is 32.9 Å². The van der Waals surface area contributed by atoms with Crippen LogP contribution >= 0.6 is 11.3 Å². The van der Waals surface area contributed by atoms with Crippen LogP contribution in [0.3, 0.4) is 0 Å². The molecule has 110 valence electrons. The van der Waals surface area contributed by atoms with Gasteiger partial charge in [-0.1, -0.05) is 13.0 Å². The Bertz CT molecular complexity index is 682.